The summed E-state index contributed by atoms with van der Waals surface area (Å²) in [5, 5.41) is 4.66. The van der Waals surface area contributed by atoms with Crippen LogP contribution >= 0.6 is 0 Å². The van der Waals surface area contributed by atoms with Crippen LogP contribution in [-0.2, 0) is 4.74 Å². The van der Waals surface area contributed by atoms with Gasteiger partial charge in [0, 0.05) is 11.6 Å². The molecule has 0 heterocycles. The van der Waals surface area contributed by atoms with E-state index >= 15 is 0 Å². The van der Waals surface area contributed by atoms with Gasteiger partial charge in [-0.15, -0.1) is 0 Å². The van der Waals surface area contributed by atoms with Crippen molar-refractivity contribution in [3.8, 4) is 0 Å². The number of hydrogen-bond acceptors (Lipinski definition) is 3. The number of ether oxygens (including phenoxy) is 1. The van der Waals surface area contributed by atoms with Gasteiger partial charge in [0.05, 0.1) is 12.7 Å². The van der Waals surface area contributed by atoms with Crippen LogP contribution in [0, 0.1) is 0 Å². The Labute approximate surface area is 131 Å². The number of methoxy groups -OCH3 is 1. The van der Waals surface area contributed by atoms with Gasteiger partial charge in [-0.2, -0.15) is 0 Å². The second kappa shape index (κ2) is 8.17. The van der Waals surface area contributed by atoms with Crippen LogP contribution in [0.25, 0.3) is 10.8 Å². The summed E-state index contributed by atoms with van der Waals surface area (Å²) in [5.74, 6) is -0.465. The molecule has 2 rings (SSSR count). The minimum Gasteiger partial charge on any atom is -0.465 e. The Morgan fingerprint density at radius 2 is 1.45 bits per heavy atom. The van der Waals surface area contributed by atoms with E-state index in [0.717, 1.165) is 10.8 Å². The molecular weight excluding hydrogens is 278 g/mol. The van der Waals surface area contributed by atoms with Gasteiger partial charge < -0.3 is 10.1 Å². The molecule has 1 amide bonds. The molecule has 0 aliphatic rings. The second-order valence-electron chi connectivity index (χ2n) is 4.90. The lowest BCUT2D eigenvalue weighted by Gasteiger charge is -2.09. The molecule has 118 valence electrons. The molecular formula is C18H23NO3. The van der Waals surface area contributed by atoms with Gasteiger partial charge in [-0.3, -0.25) is 4.79 Å². The van der Waals surface area contributed by atoms with Crippen LogP contribution in [0.1, 0.15) is 48.4 Å². The summed E-state index contributed by atoms with van der Waals surface area (Å²) in [6, 6.07) is 10.8. The first-order chi connectivity index (χ1) is 10.5. The van der Waals surface area contributed by atoms with Crippen molar-refractivity contribution < 1.29 is 14.3 Å². The molecule has 2 aromatic rings. The van der Waals surface area contributed by atoms with Gasteiger partial charge in [0.25, 0.3) is 5.91 Å². The predicted octanol–water partition coefficient (Wildman–Crippen LogP) is 3.79. The monoisotopic (exact) mass is 301 g/mol. The van der Waals surface area contributed by atoms with Gasteiger partial charge >= 0.3 is 5.97 Å². The normalized spacial score (nSPS) is 9.91. The number of carbonyl (C=O) groups excluding carboxylic acids is 2. The number of amides is 1. The summed E-state index contributed by atoms with van der Waals surface area (Å²) in [6.07, 6.45) is 0. The number of rotatable bonds is 3. The summed E-state index contributed by atoms with van der Waals surface area (Å²) in [7, 11) is 1.35. The molecule has 0 aliphatic carbocycles. The van der Waals surface area contributed by atoms with Crippen LogP contribution in [0.5, 0.6) is 0 Å². The van der Waals surface area contributed by atoms with Crippen molar-refractivity contribution in [2.45, 2.75) is 33.7 Å². The maximum absolute atomic E-state index is 11.9. The lowest BCUT2D eigenvalue weighted by molar-refractivity contribution is 0.0600. The number of nitrogens with one attached hydrogen (secondary N) is 1. The van der Waals surface area contributed by atoms with Crippen LogP contribution < -0.4 is 5.32 Å². The van der Waals surface area contributed by atoms with Crippen molar-refractivity contribution >= 4 is 22.6 Å². The zero-order valence-corrected chi connectivity index (χ0v) is 13.8. The van der Waals surface area contributed by atoms with Gasteiger partial charge in [0.2, 0.25) is 0 Å². The average molecular weight is 301 g/mol. The summed E-state index contributed by atoms with van der Waals surface area (Å²) < 4.78 is 4.69. The molecule has 4 heteroatoms. The van der Waals surface area contributed by atoms with E-state index in [1.807, 2.05) is 45.9 Å². The van der Waals surface area contributed by atoms with Gasteiger partial charge in [0.1, 0.15) is 0 Å². The molecule has 0 unspecified atom stereocenters. The SMILES string of the molecule is CC.COC(=O)c1ccc2cc(C(=O)NC(C)C)ccc2c1. The molecule has 0 atom stereocenters. The number of fused-ring (bicyclic) bond motifs is 1. The van der Waals surface area contributed by atoms with E-state index in [1.54, 1.807) is 18.2 Å². The number of esters is 1. The third-order valence-corrected chi connectivity index (χ3v) is 2.94. The average Bonchev–Trinajstić information content (AvgIpc) is 2.54. The van der Waals surface area contributed by atoms with Crippen molar-refractivity contribution in [3.63, 3.8) is 0 Å². The third kappa shape index (κ3) is 4.32. The van der Waals surface area contributed by atoms with Crippen molar-refractivity contribution in [2.24, 2.45) is 0 Å². The Kier molecular flexibility index (Phi) is 6.57. The smallest absolute Gasteiger partial charge is 0.337 e. The Bertz CT molecular complexity index is 662. The lowest BCUT2D eigenvalue weighted by Crippen LogP contribution is -2.29. The molecule has 2 aromatic carbocycles. The molecule has 1 N–H and O–H groups in total. The van der Waals surface area contributed by atoms with Crippen LogP contribution in [-0.4, -0.2) is 25.0 Å². The van der Waals surface area contributed by atoms with E-state index in [0.29, 0.717) is 11.1 Å². The minimum atomic E-state index is -0.367. The highest BCUT2D eigenvalue weighted by Crippen LogP contribution is 2.18. The van der Waals surface area contributed by atoms with Crippen molar-refractivity contribution in [2.75, 3.05) is 7.11 Å². The fourth-order valence-corrected chi connectivity index (χ4v) is 1.98. The van der Waals surface area contributed by atoms with E-state index in [4.69, 9.17) is 0 Å². The largest absolute Gasteiger partial charge is 0.465 e. The molecule has 0 saturated heterocycles. The topological polar surface area (TPSA) is 55.4 Å². The Balaban J connectivity index is 0.00000116. The Morgan fingerprint density at radius 3 is 1.95 bits per heavy atom. The lowest BCUT2D eigenvalue weighted by atomic mass is 10.0. The highest BCUT2D eigenvalue weighted by molar-refractivity contribution is 6.00. The highest BCUT2D eigenvalue weighted by atomic mass is 16.5. The molecule has 0 radical (unpaired) electrons. The molecule has 0 aliphatic heterocycles. The quantitative estimate of drug-likeness (QED) is 0.877. The van der Waals surface area contributed by atoms with E-state index in [1.165, 1.54) is 7.11 Å². The minimum absolute atomic E-state index is 0.0971. The van der Waals surface area contributed by atoms with Crippen molar-refractivity contribution in [3.05, 3.63) is 47.5 Å². The molecule has 0 spiro atoms. The van der Waals surface area contributed by atoms with Crippen molar-refractivity contribution in [1.29, 1.82) is 0 Å². The highest BCUT2D eigenvalue weighted by Gasteiger charge is 2.09. The third-order valence-electron chi connectivity index (χ3n) is 2.94. The van der Waals surface area contributed by atoms with Gasteiger partial charge in [-0.1, -0.05) is 26.0 Å². The first-order valence-corrected chi connectivity index (χ1v) is 7.44. The fraction of sp³-hybridized carbons (Fsp3) is 0.333. The van der Waals surface area contributed by atoms with Gasteiger partial charge in [-0.05, 0) is 48.9 Å². The molecule has 0 saturated carbocycles. The molecule has 22 heavy (non-hydrogen) atoms. The van der Waals surface area contributed by atoms with Crippen LogP contribution in [0.2, 0.25) is 0 Å². The first kappa shape index (κ1) is 17.7. The Hall–Kier alpha value is -2.36. The van der Waals surface area contributed by atoms with Crippen LogP contribution in [0.4, 0.5) is 0 Å². The zero-order chi connectivity index (χ0) is 16.7. The van der Waals surface area contributed by atoms with Gasteiger partial charge in [-0.25, -0.2) is 4.79 Å². The molecule has 0 fully saturated rings. The number of benzene rings is 2. The van der Waals surface area contributed by atoms with E-state index in [-0.39, 0.29) is 17.9 Å². The van der Waals surface area contributed by atoms with E-state index in [2.05, 4.69) is 10.1 Å². The maximum atomic E-state index is 11.9. The standard InChI is InChI=1S/C16H17NO3.C2H6/c1-10(2)17-15(18)13-6-4-12-9-14(16(19)20-3)7-5-11(12)8-13;1-2/h4-10H,1-3H3,(H,17,18);1-2H3. The molecule has 0 aromatic heterocycles. The summed E-state index contributed by atoms with van der Waals surface area (Å²) in [4.78, 5) is 23.4. The summed E-state index contributed by atoms with van der Waals surface area (Å²) in [6.45, 7) is 7.84. The number of hydrogen-bond donors (Lipinski definition) is 1. The van der Waals surface area contributed by atoms with Crippen molar-refractivity contribution in [1.82, 2.24) is 5.32 Å². The fourth-order valence-electron chi connectivity index (χ4n) is 1.98. The van der Waals surface area contributed by atoms with Crippen LogP contribution in [0.3, 0.4) is 0 Å². The zero-order valence-electron chi connectivity index (χ0n) is 13.8. The molecule has 0 bridgehead atoms. The van der Waals surface area contributed by atoms with Crippen LogP contribution in [0.15, 0.2) is 36.4 Å². The van der Waals surface area contributed by atoms with Gasteiger partial charge in [0.15, 0.2) is 0 Å². The molecule has 4 nitrogen and oxygen atoms in total. The second-order valence-corrected chi connectivity index (χ2v) is 4.90. The number of carbonyl (C=O) groups is 2. The summed E-state index contributed by atoms with van der Waals surface area (Å²) in [5.41, 5.74) is 1.11. The van der Waals surface area contributed by atoms with E-state index in [9.17, 15) is 9.59 Å². The van der Waals surface area contributed by atoms with E-state index < -0.39 is 0 Å². The first-order valence-electron chi connectivity index (χ1n) is 7.44. The summed E-state index contributed by atoms with van der Waals surface area (Å²) >= 11 is 0. The maximum Gasteiger partial charge on any atom is 0.337 e. The Morgan fingerprint density at radius 1 is 0.955 bits per heavy atom. The predicted molar refractivity (Wildman–Crippen MR) is 89.2 cm³/mol.